The second-order valence-electron chi connectivity index (χ2n) is 5.35. The number of rotatable bonds is 7. The maximum Gasteiger partial charge on any atom is 0.435 e. The number of benzene rings is 1. The van der Waals surface area contributed by atoms with E-state index in [4.69, 9.17) is 9.47 Å². The van der Waals surface area contributed by atoms with Gasteiger partial charge >= 0.3 is 12.1 Å². The van der Waals surface area contributed by atoms with Crippen molar-refractivity contribution in [3.63, 3.8) is 0 Å². The fourth-order valence-corrected chi connectivity index (χ4v) is 3.07. The maximum absolute atomic E-state index is 13.1. The van der Waals surface area contributed by atoms with Gasteiger partial charge in [-0.15, -0.1) is 0 Å². The van der Waals surface area contributed by atoms with Crippen LogP contribution in [0.1, 0.15) is 27.9 Å². The Morgan fingerprint density at radius 2 is 1.97 bits per heavy atom. The number of nitrogens with one attached hydrogen (secondary N) is 1. The van der Waals surface area contributed by atoms with Crippen molar-refractivity contribution < 1.29 is 37.0 Å². The molecule has 156 valence electrons. The first-order valence-electron chi connectivity index (χ1n) is 8.15. The molecule has 1 aromatic heterocycles. The number of anilines is 1. The predicted molar refractivity (Wildman–Crippen MR) is 100 cm³/mol. The van der Waals surface area contributed by atoms with Crippen LogP contribution in [-0.2, 0) is 15.7 Å². The van der Waals surface area contributed by atoms with E-state index in [1.807, 2.05) is 0 Å². The van der Waals surface area contributed by atoms with Crippen molar-refractivity contribution in [2.75, 3.05) is 26.1 Å². The Labute approximate surface area is 168 Å². The summed E-state index contributed by atoms with van der Waals surface area (Å²) in [6, 6.07) is 4.92. The van der Waals surface area contributed by atoms with Crippen molar-refractivity contribution in [1.82, 2.24) is 4.98 Å². The van der Waals surface area contributed by atoms with Gasteiger partial charge in [-0.1, -0.05) is 11.3 Å². The summed E-state index contributed by atoms with van der Waals surface area (Å²) >= 11 is 0.382. The topological polar surface area (TPSA) is 86.8 Å². The Bertz CT molecular complexity index is 925. The molecule has 2 rings (SSSR count). The Morgan fingerprint density at radius 1 is 1.24 bits per heavy atom. The number of halogens is 3. The van der Waals surface area contributed by atoms with Crippen LogP contribution in [0, 0.1) is 0 Å². The minimum atomic E-state index is -4.87. The molecule has 1 aromatic carbocycles. The highest BCUT2D eigenvalue weighted by Crippen LogP contribution is 2.36. The number of carbonyl (C=O) groups excluding carboxylic acids is 2. The SMILES string of the molecule is CCOC(=O)c1sc(NC(=O)/C=C/c2cc(OC)ccc2OC)nc1C(F)(F)F. The first kappa shape index (κ1) is 22.2. The van der Waals surface area contributed by atoms with Crippen LogP contribution >= 0.6 is 11.3 Å². The molecule has 0 saturated heterocycles. The largest absolute Gasteiger partial charge is 0.497 e. The number of methoxy groups -OCH3 is 2. The van der Waals surface area contributed by atoms with Gasteiger partial charge in [-0.3, -0.25) is 10.1 Å². The van der Waals surface area contributed by atoms with Gasteiger partial charge in [0.2, 0.25) is 5.91 Å². The average molecular weight is 430 g/mol. The normalized spacial score (nSPS) is 11.4. The van der Waals surface area contributed by atoms with Crippen molar-refractivity contribution in [3.05, 3.63) is 40.4 Å². The van der Waals surface area contributed by atoms with E-state index >= 15 is 0 Å². The molecule has 0 radical (unpaired) electrons. The van der Waals surface area contributed by atoms with E-state index in [-0.39, 0.29) is 11.7 Å². The minimum absolute atomic E-state index is 0.0964. The molecule has 29 heavy (non-hydrogen) atoms. The summed E-state index contributed by atoms with van der Waals surface area (Å²) < 4.78 is 54.2. The van der Waals surface area contributed by atoms with Crippen LogP contribution in [0.2, 0.25) is 0 Å². The number of thiazole rings is 1. The van der Waals surface area contributed by atoms with E-state index in [1.165, 1.54) is 27.2 Å². The summed E-state index contributed by atoms with van der Waals surface area (Å²) in [6.07, 6.45) is -2.37. The lowest BCUT2D eigenvalue weighted by Gasteiger charge is -2.07. The van der Waals surface area contributed by atoms with Crippen molar-refractivity contribution >= 4 is 34.4 Å². The lowest BCUT2D eigenvalue weighted by atomic mass is 10.1. The van der Waals surface area contributed by atoms with Crippen LogP contribution < -0.4 is 14.8 Å². The summed E-state index contributed by atoms with van der Waals surface area (Å²) in [5, 5.41) is 1.83. The smallest absolute Gasteiger partial charge is 0.435 e. The molecule has 0 bridgehead atoms. The Morgan fingerprint density at radius 3 is 2.55 bits per heavy atom. The lowest BCUT2D eigenvalue weighted by molar-refractivity contribution is -0.141. The van der Waals surface area contributed by atoms with Crippen molar-refractivity contribution in [3.8, 4) is 11.5 Å². The minimum Gasteiger partial charge on any atom is -0.497 e. The van der Waals surface area contributed by atoms with Crippen LogP contribution in [0.15, 0.2) is 24.3 Å². The van der Waals surface area contributed by atoms with Gasteiger partial charge in [-0.2, -0.15) is 13.2 Å². The molecule has 0 aliphatic carbocycles. The van der Waals surface area contributed by atoms with E-state index in [2.05, 4.69) is 15.0 Å². The van der Waals surface area contributed by atoms with Gasteiger partial charge in [0, 0.05) is 11.6 Å². The van der Waals surface area contributed by atoms with E-state index < -0.39 is 28.6 Å². The fraction of sp³-hybridized carbons (Fsp3) is 0.278. The molecule has 1 heterocycles. The van der Waals surface area contributed by atoms with Crippen molar-refractivity contribution in [1.29, 1.82) is 0 Å². The second-order valence-corrected chi connectivity index (χ2v) is 6.34. The summed E-state index contributed by atoms with van der Waals surface area (Å²) in [7, 11) is 2.92. The fourth-order valence-electron chi connectivity index (χ4n) is 2.18. The summed E-state index contributed by atoms with van der Waals surface area (Å²) in [6.45, 7) is 1.37. The highest BCUT2D eigenvalue weighted by molar-refractivity contribution is 7.17. The molecule has 0 atom stereocenters. The van der Waals surface area contributed by atoms with Gasteiger partial charge in [0.05, 0.1) is 20.8 Å². The quantitative estimate of drug-likeness (QED) is 0.528. The summed E-state index contributed by atoms with van der Waals surface area (Å²) in [4.78, 5) is 26.4. The molecule has 2 aromatic rings. The molecule has 0 spiro atoms. The molecule has 0 unspecified atom stereocenters. The van der Waals surface area contributed by atoms with E-state index in [0.29, 0.717) is 28.4 Å². The molecule has 0 aliphatic rings. The van der Waals surface area contributed by atoms with Crippen molar-refractivity contribution in [2.45, 2.75) is 13.1 Å². The highest BCUT2D eigenvalue weighted by Gasteiger charge is 2.40. The van der Waals surface area contributed by atoms with Gasteiger partial charge < -0.3 is 14.2 Å². The van der Waals surface area contributed by atoms with Crippen LogP contribution in [-0.4, -0.2) is 37.7 Å². The third-order valence-corrected chi connectivity index (χ3v) is 4.39. The maximum atomic E-state index is 13.1. The molecular formula is C18H17F3N2O5S. The van der Waals surface area contributed by atoms with Gasteiger partial charge in [0.15, 0.2) is 10.8 Å². The zero-order valence-corrected chi connectivity index (χ0v) is 16.4. The van der Waals surface area contributed by atoms with Gasteiger partial charge in [0.25, 0.3) is 0 Å². The molecule has 7 nitrogen and oxygen atoms in total. The molecule has 0 saturated carbocycles. The van der Waals surface area contributed by atoms with E-state index in [1.54, 1.807) is 18.2 Å². The molecule has 1 N–H and O–H groups in total. The van der Waals surface area contributed by atoms with Crippen LogP contribution in [0.4, 0.5) is 18.3 Å². The lowest BCUT2D eigenvalue weighted by Crippen LogP contribution is -2.14. The van der Waals surface area contributed by atoms with E-state index in [9.17, 15) is 22.8 Å². The summed E-state index contributed by atoms with van der Waals surface area (Å²) in [5.41, 5.74) is -0.890. The first-order valence-corrected chi connectivity index (χ1v) is 8.97. The van der Waals surface area contributed by atoms with Gasteiger partial charge in [0.1, 0.15) is 16.4 Å². The van der Waals surface area contributed by atoms with E-state index in [0.717, 1.165) is 6.08 Å². The Balaban J connectivity index is 2.23. The third-order valence-electron chi connectivity index (χ3n) is 3.44. The molecule has 0 fully saturated rings. The zero-order chi connectivity index (χ0) is 21.6. The Hall–Kier alpha value is -3.08. The molecule has 11 heteroatoms. The number of carbonyl (C=O) groups is 2. The number of aromatic nitrogens is 1. The molecule has 1 amide bonds. The molecular weight excluding hydrogens is 413 g/mol. The molecule has 0 aliphatic heterocycles. The number of alkyl halides is 3. The van der Waals surface area contributed by atoms with Crippen LogP contribution in [0.5, 0.6) is 11.5 Å². The standard InChI is InChI=1S/C18H17F3N2O5S/c1-4-28-16(25)14-15(18(19,20)21)23-17(29-14)22-13(24)8-5-10-9-11(26-2)6-7-12(10)27-3/h5-9H,4H2,1-3H3,(H,22,23,24)/b8-5+. The van der Waals surface area contributed by atoms with Crippen LogP contribution in [0.25, 0.3) is 6.08 Å². The Kier molecular flexibility index (Phi) is 7.21. The number of hydrogen-bond acceptors (Lipinski definition) is 7. The number of hydrogen-bond donors (Lipinski definition) is 1. The third kappa shape index (κ3) is 5.70. The average Bonchev–Trinajstić information content (AvgIpc) is 3.10. The summed E-state index contributed by atoms with van der Waals surface area (Å²) in [5.74, 6) is -0.907. The first-order chi connectivity index (χ1) is 13.7. The van der Waals surface area contributed by atoms with Crippen LogP contribution in [0.3, 0.4) is 0 Å². The zero-order valence-electron chi connectivity index (χ0n) is 15.6. The number of esters is 1. The number of ether oxygens (including phenoxy) is 3. The number of amides is 1. The number of nitrogens with zero attached hydrogens (tertiary/aromatic N) is 1. The predicted octanol–water partition coefficient (Wildman–Crippen LogP) is 4.01. The highest BCUT2D eigenvalue weighted by atomic mass is 32.1. The van der Waals surface area contributed by atoms with Gasteiger partial charge in [-0.05, 0) is 31.2 Å². The monoisotopic (exact) mass is 430 g/mol. The van der Waals surface area contributed by atoms with Crippen molar-refractivity contribution in [2.24, 2.45) is 0 Å². The second kappa shape index (κ2) is 9.41. The van der Waals surface area contributed by atoms with Gasteiger partial charge in [-0.25, -0.2) is 9.78 Å².